The highest BCUT2D eigenvalue weighted by atomic mass is 35.5. The molecule has 0 unspecified atom stereocenters. The minimum atomic E-state index is -4.81. The molecule has 0 saturated carbocycles. The molecule has 33 heavy (non-hydrogen) atoms. The summed E-state index contributed by atoms with van der Waals surface area (Å²) >= 11 is 11.9. The van der Waals surface area contributed by atoms with Gasteiger partial charge in [-0.2, -0.15) is 13.2 Å². The lowest BCUT2D eigenvalue weighted by Crippen LogP contribution is -2.42. The lowest BCUT2D eigenvalue weighted by molar-refractivity contribution is -0.275. The second-order valence-corrected chi connectivity index (χ2v) is 8.35. The Morgan fingerprint density at radius 1 is 1.09 bits per heavy atom. The molecule has 0 saturated heterocycles. The van der Waals surface area contributed by atoms with E-state index >= 15 is 0 Å². The van der Waals surface area contributed by atoms with E-state index in [9.17, 15) is 18.0 Å². The number of hydrogen-bond donors (Lipinski definition) is 2. The summed E-state index contributed by atoms with van der Waals surface area (Å²) in [5.41, 5.74) is -2.21. The number of aliphatic hydroxyl groups is 1. The minimum Gasteiger partial charge on any atom is -0.395 e. The van der Waals surface area contributed by atoms with Crippen molar-refractivity contribution in [2.75, 3.05) is 13.2 Å². The zero-order valence-corrected chi connectivity index (χ0v) is 18.4. The summed E-state index contributed by atoms with van der Waals surface area (Å²) < 4.78 is 42.9. The number of halogens is 5. The van der Waals surface area contributed by atoms with E-state index in [4.69, 9.17) is 33.1 Å². The topological polar surface area (TPSA) is 70.9 Å². The van der Waals surface area contributed by atoms with Gasteiger partial charge in [-0.1, -0.05) is 58.7 Å². The van der Waals surface area contributed by atoms with Crippen molar-refractivity contribution in [1.29, 1.82) is 0 Å². The molecule has 0 spiro atoms. The Balaban J connectivity index is 1.78. The van der Waals surface area contributed by atoms with Crippen molar-refractivity contribution in [1.82, 2.24) is 5.32 Å². The van der Waals surface area contributed by atoms with Gasteiger partial charge in [-0.15, -0.1) is 0 Å². The predicted octanol–water partition coefficient (Wildman–Crippen LogP) is 5.45. The Morgan fingerprint density at radius 2 is 1.76 bits per heavy atom. The molecule has 5 nitrogen and oxygen atoms in total. The molecular formula is C23H17Cl2F3N2O3. The Labute approximate surface area is 196 Å². The van der Waals surface area contributed by atoms with E-state index in [1.807, 2.05) is 0 Å². The fourth-order valence-corrected chi connectivity index (χ4v) is 4.37. The molecule has 1 amide bonds. The summed E-state index contributed by atoms with van der Waals surface area (Å²) in [6.07, 6.45) is -5.42. The molecule has 1 aliphatic heterocycles. The first-order valence-electron chi connectivity index (χ1n) is 9.86. The number of fused-ring (bicyclic) bond motifs is 1. The summed E-state index contributed by atoms with van der Waals surface area (Å²) in [4.78, 5) is 17.6. The SMILES string of the molecule is O=C(NCCO)c1ccc(C2=NO[C@](c3cc(Cl)cc(Cl)c3)(C(F)(F)F)C2)c2ccccc12. The standard InChI is InChI=1S/C23H17Cl2F3N2O3/c24-14-9-13(10-15(25)11-14)22(23(26,27)28)12-20(30-33-22)18-5-6-19(21(32)29-7-8-31)17-4-2-1-3-16(17)18/h1-6,9-11,31H,7-8,12H2,(H,29,32)/t22-/m1/s1. The highest BCUT2D eigenvalue weighted by Crippen LogP contribution is 2.50. The molecule has 0 radical (unpaired) electrons. The maximum absolute atomic E-state index is 14.3. The number of carbonyl (C=O) groups excluding carboxylic acids is 1. The van der Waals surface area contributed by atoms with Crippen molar-refractivity contribution < 1.29 is 27.9 Å². The van der Waals surface area contributed by atoms with Crippen LogP contribution in [0.15, 0.2) is 59.8 Å². The molecular weight excluding hydrogens is 480 g/mol. The molecule has 1 heterocycles. The zero-order chi connectivity index (χ0) is 23.8. The van der Waals surface area contributed by atoms with E-state index in [0.717, 1.165) is 12.1 Å². The monoisotopic (exact) mass is 496 g/mol. The lowest BCUT2D eigenvalue weighted by Gasteiger charge is -2.29. The van der Waals surface area contributed by atoms with Gasteiger partial charge in [0.2, 0.25) is 0 Å². The van der Waals surface area contributed by atoms with Gasteiger partial charge in [-0.25, -0.2) is 0 Å². The van der Waals surface area contributed by atoms with Gasteiger partial charge in [0.1, 0.15) is 0 Å². The first kappa shape index (κ1) is 23.4. The molecule has 0 fully saturated rings. The molecule has 0 bridgehead atoms. The minimum absolute atomic E-state index is 0.0434. The highest BCUT2D eigenvalue weighted by molar-refractivity contribution is 6.34. The number of oxime groups is 1. The average molecular weight is 497 g/mol. The summed E-state index contributed by atoms with van der Waals surface area (Å²) in [5, 5.41) is 16.5. The second kappa shape index (κ2) is 8.85. The van der Waals surface area contributed by atoms with Crippen LogP contribution in [-0.2, 0) is 10.4 Å². The normalized spacial score (nSPS) is 18.2. The van der Waals surface area contributed by atoms with Gasteiger partial charge >= 0.3 is 6.18 Å². The quantitative estimate of drug-likeness (QED) is 0.493. The van der Waals surface area contributed by atoms with Gasteiger partial charge in [-0.3, -0.25) is 4.79 Å². The van der Waals surface area contributed by atoms with E-state index in [-0.39, 0.29) is 34.5 Å². The number of nitrogens with zero attached hydrogens (tertiary/aromatic N) is 1. The van der Waals surface area contributed by atoms with Gasteiger partial charge < -0.3 is 15.3 Å². The summed E-state index contributed by atoms with van der Waals surface area (Å²) in [6.45, 7) is -0.144. The number of amides is 1. The van der Waals surface area contributed by atoms with Crippen molar-refractivity contribution in [3.63, 3.8) is 0 Å². The number of aliphatic hydroxyl groups excluding tert-OH is 1. The summed E-state index contributed by atoms with van der Waals surface area (Å²) in [5.74, 6) is -0.408. The molecule has 0 aliphatic carbocycles. The van der Waals surface area contributed by atoms with Gasteiger partial charge in [0.15, 0.2) is 0 Å². The van der Waals surface area contributed by atoms with Crippen molar-refractivity contribution in [3.05, 3.63) is 81.3 Å². The molecule has 3 aromatic rings. The van der Waals surface area contributed by atoms with Crippen molar-refractivity contribution in [2.24, 2.45) is 5.16 Å². The van der Waals surface area contributed by atoms with E-state index in [0.29, 0.717) is 21.9 Å². The van der Waals surface area contributed by atoms with Gasteiger partial charge in [0, 0.05) is 39.7 Å². The van der Waals surface area contributed by atoms with Crippen molar-refractivity contribution in [2.45, 2.75) is 18.2 Å². The average Bonchev–Trinajstić information content (AvgIpc) is 3.23. The molecule has 4 rings (SSSR count). The zero-order valence-electron chi connectivity index (χ0n) is 16.9. The molecule has 3 aromatic carbocycles. The Kier molecular flexibility index (Phi) is 6.26. The third-order valence-corrected chi connectivity index (χ3v) is 5.83. The van der Waals surface area contributed by atoms with Crippen LogP contribution in [-0.4, -0.2) is 36.1 Å². The maximum atomic E-state index is 14.3. The van der Waals surface area contributed by atoms with Crippen LogP contribution >= 0.6 is 23.2 Å². The highest BCUT2D eigenvalue weighted by Gasteiger charge is 2.62. The largest absolute Gasteiger partial charge is 0.435 e. The molecule has 0 aromatic heterocycles. The third-order valence-electron chi connectivity index (χ3n) is 5.39. The number of hydrogen-bond acceptors (Lipinski definition) is 4. The predicted molar refractivity (Wildman–Crippen MR) is 120 cm³/mol. The van der Waals surface area contributed by atoms with E-state index in [2.05, 4.69) is 10.5 Å². The van der Waals surface area contributed by atoms with Crippen LogP contribution in [0.1, 0.15) is 27.9 Å². The van der Waals surface area contributed by atoms with Gasteiger partial charge in [0.25, 0.3) is 11.5 Å². The van der Waals surface area contributed by atoms with Crippen molar-refractivity contribution in [3.8, 4) is 0 Å². The molecule has 1 atom stereocenters. The van der Waals surface area contributed by atoms with Crippen LogP contribution in [0.5, 0.6) is 0 Å². The van der Waals surface area contributed by atoms with E-state index in [1.54, 1.807) is 24.3 Å². The van der Waals surface area contributed by atoms with E-state index in [1.165, 1.54) is 18.2 Å². The smallest absolute Gasteiger partial charge is 0.395 e. The second-order valence-electron chi connectivity index (χ2n) is 7.47. The van der Waals surface area contributed by atoms with Crippen LogP contribution in [0.3, 0.4) is 0 Å². The first-order valence-corrected chi connectivity index (χ1v) is 10.6. The Morgan fingerprint density at radius 3 is 2.39 bits per heavy atom. The van der Waals surface area contributed by atoms with Crippen molar-refractivity contribution >= 4 is 45.6 Å². The number of carbonyl (C=O) groups is 1. The summed E-state index contributed by atoms with van der Waals surface area (Å²) in [6, 6.07) is 13.5. The van der Waals surface area contributed by atoms with Gasteiger partial charge in [-0.05, 0) is 35.0 Å². The first-order chi connectivity index (χ1) is 15.7. The van der Waals surface area contributed by atoms with Crippen LogP contribution in [0.25, 0.3) is 10.8 Å². The summed E-state index contributed by atoms with van der Waals surface area (Å²) in [7, 11) is 0. The van der Waals surface area contributed by atoms with Crippen LogP contribution < -0.4 is 5.32 Å². The Hall–Kier alpha value is -2.81. The molecule has 172 valence electrons. The third kappa shape index (κ3) is 4.26. The number of nitrogens with one attached hydrogen (secondary N) is 1. The fraction of sp³-hybridized carbons (Fsp3) is 0.217. The number of benzene rings is 3. The van der Waals surface area contributed by atoms with Crippen LogP contribution in [0.2, 0.25) is 10.0 Å². The fourth-order valence-electron chi connectivity index (χ4n) is 3.85. The number of alkyl halides is 3. The molecule has 1 aliphatic rings. The Bertz CT molecular complexity index is 1240. The molecule has 2 N–H and O–H groups in total. The van der Waals surface area contributed by atoms with Crippen LogP contribution in [0.4, 0.5) is 13.2 Å². The van der Waals surface area contributed by atoms with Gasteiger partial charge in [0.05, 0.1) is 12.3 Å². The lowest BCUT2D eigenvalue weighted by atomic mass is 9.85. The van der Waals surface area contributed by atoms with Crippen LogP contribution in [0, 0.1) is 0 Å². The van der Waals surface area contributed by atoms with E-state index < -0.39 is 24.1 Å². The number of rotatable bonds is 5. The maximum Gasteiger partial charge on any atom is 0.435 e. The molecule has 10 heteroatoms.